The molecule has 0 unspecified atom stereocenters. The van der Waals surface area contributed by atoms with Crippen molar-refractivity contribution in [1.29, 1.82) is 0 Å². The van der Waals surface area contributed by atoms with Gasteiger partial charge in [-0.05, 0) is 25.7 Å². The molecule has 1 saturated carbocycles. The summed E-state index contributed by atoms with van der Waals surface area (Å²) >= 11 is 0. The van der Waals surface area contributed by atoms with Gasteiger partial charge in [-0.2, -0.15) is 0 Å². The highest BCUT2D eigenvalue weighted by Gasteiger charge is 2.25. The SMILES string of the molecule is C[C@@H](N)[C@@H](O)C1CCCC1. The second-order valence-corrected chi connectivity index (χ2v) is 3.39. The van der Waals surface area contributed by atoms with Crippen LogP contribution in [-0.2, 0) is 0 Å². The third-order valence-electron chi connectivity index (χ3n) is 2.42. The maximum Gasteiger partial charge on any atom is 0.0716 e. The maximum atomic E-state index is 9.50. The van der Waals surface area contributed by atoms with E-state index >= 15 is 0 Å². The average Bonchev–Trinajstić information content (AvgIpc) is 2.36. The largest absolute Gasteiger partial charge is 0.391 e. The van der Waals surface area contributed by atoms with E-state index in [-0.39, 0.29) is 12.1 Å². The zero-order chi connectivity index (χ0) is 7.56. The van der Waals surface area contributed by atoms with Crippen molar-refractivity contribution < 1.29 is 5.11 Å². The molecule has 2 nitrogen and oxygen atoms in total. The summed E-state index contributed by atoms with van der Waals surface area (Å²) in [7, 11) is 0. The first-order chi connectivity index (χ1) is 4.72. The fourth-order valence-corrected chi connectivity index (χ4v) is 1.73. The van der Waals surface area contributed by atoms with Gasteiger partial charge in [-0.1, -0.05) is 12.8 Å². The molecule has 60 valence electrons. The Morgan fingerprint density at radius 2 is 1.90 bits per heavy atom. The Morgan fingerprint density at radius 1 is 1.40 bits per heavy atom. The third-order valence-corrected chi connectivity index (χ3v) is 2.42. The summed E-state index contributed by atoms with van der Waals surface area (Å²) in [6, 6.07) is -0.0527. The second-order valence-electron chi connectivity index (χ2n) is 3.39. The van der Waals surface area contributed by atoms with Crippen molar-refractivity contribution in [2.24, 2.45) is 11.7 Å². The normalized spacial score (nSPS) is 26.7. The number of aliphatic hydroxyl groups excluding tert-OH is 1. The number of hydrogen-bond donors (Lipinski definition) is 2. The zero-order valence-electron chi connectivity index (χ0n) is 6.59. The quantitative estimate of drug-likeness (QED) is 0.603. The number of nitrogens with two attached hydrogens (primary N) is 1. The van der Waals surface area contributed by atoms with Crippen LogP contribution in [0.25, 0.3) is 0 Å². The molecule has 1 aliphatic carbocycles. The monoisotopic (exact) mass is 143 g/mol. The molecule has 0 amide bonds. The average molecular weight is 143 g/mol. The number of aliphatic hydroxyl groups is 1. The molecule has 0 saturated heterocycles. The van der Waals surface area contributed by atoms with E-state index in [1.807, 2.05) is 6.92 Å². The Labute approximate surface area is 62.4 Å². The topological polar surface area (TPSA) is 46.2 Å². The van der Waals surface area contributed by atoms with Crippen molar-refractivity contribution in [1.82, 2.24) is 0 Å². The second kappa shape index (κ2) is 3.35. The van der Waals surface area contributed by atoms with Gasteiger partial charge in [-0.15, -0.1) is 0 Å². The van der Waals surface area contributed by atoms with E-state index in [1.54, 1.807) is 0 Å². The van der Waals surface area contributed by atoms with Crippen molar-refractivity contribution in [3.05, 3.63) is 0 Å². The first-order valence-electron chi connectivity index (χ1n) is 4.15. The molecule has 10 heavy (non-hydrogen) atoms. The highest BCUT2D eigenvalue weighted by molar-refractivity contribution is 4.79. The molecule has 1 aliphatic rings. The summed E-state index contributed by atoms with van der Waals surface area (Å²) < 4.78 is 0. The highest BCUT2D eigenvalue weighted by atomic mass is 16.3. The fraction of sp³-hybridized carbons (Fsp3) is 1.00. The highest BCUT2D eigenvalue weighted by Crippen LogP contribution is 2.28. The molecule has 0 aromatic rings. The molecular weight excluding hydrogens is 126 g/mol. The molecule has 0 heterocycles. The number of hydrogen-bond acceptors (Lipinski definition) is 2. The van der Waals surface area contributed by atoms with Gasteiger partial charge in [-0.25, -0.2) is 0 Å². The molecule has 1 rings (SSSR count). The summed E-state index contributed by atoms with van der Waals surface area (Å²) in [5, 5.41) is 9.50. The van der Waals surface area contributed by atoms with Crippen molar-refractivity contribution in [2.45, 2.75) is 44.8 Å². The van der Waals surface area contributed by atoms with Crippen LogP contribution in [0, 0.1) is 5.92 Å². The Bertz CT molecular complexity index is 97.4. The number of rotatable bonds is 2. The lowest BCUT2D eigenvalue weighted by molar-refractivity contribution is 0.0902. The van der Waals surface area contributed by atoms with Crippen LogP contribution >= 0.6 is 0 Å². The summed E-state index contributed by atoms with van der Waals surface area (Å²) in [5.41, 5.74) is 5.57. The molecule has 3 N–H and O–H groups in total. The van der Waals surface area contributed by atoms with Crippen LogP contribution in [0.5, 0.6) is 0 Å². The summed E-state index contributed by atoms with van der Waals surface area (Å²) in [6.45, 7) is 1.88. The fourth-order valence-electron chi connectivity index (χ4n) is 1.73. The molecule has 0 bridgehead atoms. The van der Waals surface area contributed by atoms with Crippen molar-refractivity contribution >= 4 is 0 Å². The van der Waals surface area contributed by atoms with Gasteiger partial charge in [0.25, 0.3) is 0 Å². The molecule has 0 aromatic carbocycles. The van der Waals surface area contributed by atoms with Gasteiger partial charge in [0.05, 0.1) is 6.10 Å². The predicted octanol–water partition coefficient (Wildman–Crippen LogP) is 0.885. The Hall–Kier alpha value is -0.0800. The summed E-state index contributed by atoms with van der Waals surface area (Å²) in [6.07, 6.45) is 4.62. The molecule has 1 fully saturated rings. The Balaban J connectivity index is 2.32. The summed E-state index contributed by atoms with van der Waals surface area (Å²) in [5.74, 6) is 0.486. The van der Waals surface area contributed by atoms with Gasteiger partial charge in [0.15, 0.2) is 0 Å². The molecule has 2 heteroatoms. The lowest BCUT2D eigenvalue weighted by atomic mass is 9.96. The molecule has 0 radical (unpaired) electrons. The lowest BCUT2D eigenvalue weighted by Crippen LogP contribution is -2.36. The first-order valence-corrected chi connectivity index (χ1v) is 4.15. The summed E-state index contributed by atoms with van der Waals surface area (Å²) in [4.78, 5) is 0. The standard InChI is InChI=1S/C8H17NO/c1-6(9)8(10)7-4-2-3-5-7/h6-8,10H,2-5,9H2,1H3/t6-,8-/m1/s1. The van der Waals surface area contributed by atoms with E-state index in [1.165, 1.54) is 25.7 Å². The van der Waals surface area contributed by atoms with Gasteiger partial charge in [0, 0.05) is 6.04 Å². The van der Waals surface area contributed by atoms with E-state index < -0.39 is 0 Å². The van der Waals surface area contributed by atoms with Gasteiger partial charge >= 0.3 is 0 Å². The van der Waals surface area contributed by atoms with E-state index in [0.717, 1.165) is 0 Å². The van der Waals surface area contributed by atoms with Gasteiger partial charge in [0.2, 0.25) is 0 Å². The minimum absolute atomic E-state index is 0.0527. The smallest absolute Gasteiger partial charge is 0.0716 e. The molecule has 0 aromatic heterocycles. The van der Waals surface area contributed by atoms with Crippen molar-refractivity contribution in [3.8, 4) is 0 Å². The van der Waals surface area contributed by atoms with E-state index in [2.05, 4.69) is 0 Å². The lowest BCUT2D eigenvalue weighted by Gasteiger charge is -2.20. The molecule has 0 aliphatic heterocycles. The molecular formula is C8H17NO. The van der Waals surface area contributed by atoms with E-state index in [9.17, 15) is 5.11 Å². The minimum Gasteiger partial charge on any atom is -0.391 e. The van der Waals surface area contributed by atoms with Crippen molar-refractivity contribution in [2.75, 3.05) is 0 Å². The molecule has 2 atom stereocenters. The first kappa shape index (κ1) is 8.02. The van der Waals surface area contributed by atoms with Crippen LogP contribution < -0.4 is 5.73 Å². The van der Waals surface area contributed by atoms with Crippen LogP contribution in [0.2, 0.25) is 0 Å². The van der Waals surface area contributed by atoms with E-state index in [4.69, 9.17) is 5.73 Å². The minimum atomic E-state index is -0.262. The van der Waals surface area contributed by atoms with Crippen LogP contribution in [0.4, 0.5) is 0 Å². The third kappa shape index (κ3) is 1.70. The zero-order valence-corrected chi connectivity index (χ0v) is 6.59. The van der Waals surface area contributed by atoms with Crippen molar-refractivity contribution in [3.63, 3.8) is 0 Å². The predicted molar refractivity (Wildman–Crippen MR) is 41.6 cm³/mol. The molecule has 0 spiro atoms. The van der Waals surface area contributed by atoms with Crippen LogP contribution in [0.15, 0.2) is 0 Å². The maximum absolute atomic E-state index is 9.50. The van der Waals surface area contributed by atoms with Gasteiger partial charge < -0.3 is 10.8 Å². The van der Waals surface area contributed by atoms with Gasteiger partial charge in [0.1, 0.15) is 0 Å². The Morgan fingerprint density at radius 3 is 2.30 bits per heavy atom. The van der Waals surface area contributed by atoms with Crippen LogP contribution in [0.1, 0.15) is 32.6 Å². The van der Waals surface area contributed by atoms with Crippen LogP contribution in [0.3, 0.4) is 0 Å². The van der Waals surface area contributed by atoms with Crippen LogP contribution in [-0.4, -0.2) is 17.3 Å². The Kier molecular flexibility index (Phi) is 2.69. The van der Waals surface area contributed by atoms with Gasteiger partial charge in [-0.3, -0.25) is 0 Å². The van der Waals surface area contributed by atoms with E-state index in [0.29, 0.717) is 5.92 Å².